The van der Waals surface area contributed by atoms with Crippen molar-refractivity contribution in [2.75, 3.05) is 0 Å². The number of likely N-dealkylation sites (tertiary alicyclic amines) is 1. The van der Waals surface area contributed by atoms with Crippen molar-refractivity contribution in [1.82, 2.24) is 4.90 Å². The van der Waals surface area contributed by atoms with Crippen molar-refractivity contribution >= 4 is 0 Å². The van der Waals surface area contributed by atoms with Gasteiger partial charge in [0.05, 0.1) is 0 Å². The molecule has 1 aromatic carbocycles. The highest BCUT2D eigenvalue weighted by Gasteiger charge is 2.30. The molecule has 2 rings (SSSR count). The fourth-order valence-corrected chi connectivity index (χ4v) is 2.17. The van der Waals surface area contributed by atoms with Crippen molar-refractivity contribution in [2.24, 2.45) is 0 Å². The minimum atomic E-state index is 0.773. The Labute approximate surface area is 80.4 Å². The minimum Gasteiger partial charge on any atom is -0.294 e. The summed E-state index contributed by atoms with van der Waals surface area (Å²) >= 11 is 0. The van der Waals surface area contributed by atoms with Gasteiger partial charge in [-0.15, -0.1) is 0 Å². The van der Waals surface area contributed by atoms with Crippen LogP contribution in [0, 0.1) is 0 Å². The van der Waals surface area contributed by atoms with Crippen molar-refractivity contribution in [1.29, 1.82) is 0 Å². The Bertz CT molecular complexity index is 260. The first-order chi connectivity index (χ1) is 6.27. The van der Waals surface area contributed by atoms with Crippen LogP contribution >= 0.6 is 0 Å². The molecule has 1 aliphatic heterocycles. The van der Waals surface area contributed by atoms with Gasteiger partial charge in [0.2, 0.25) is 0 Å². The quantitative estimate of drug-likeness (QED) is 0.668. The highest BCUT2D eigenvalue weighted by molar-refractivity contribution is 5.15. The second-order valence-electron chi connectivity index (χ2n) is 4.09. The largest absolute Gasteiger partial charge is 0.294 e. The van der Waals surface area contributed by atoms with Gasteiger partial charge < -0.3 is 0 Å². The maximum atomic E-state index is 2.55. The summed E-state index contributed by atoms with van der Waals surface area (Å²) in [6.45, 7) is 5.73. The van der Waals surface area contributed by atoms with Gasteiger partial charge in [-0.05, 0) is 25.8 Å². The van der Waals surface area contributed by atoms with E-state index in [1.165, 1.54) is 12.0 Å². The number of rotatable bonds is 2. The van der Waals surface area contributed by atoms with Crippen LogP contribution in [0.3, 0.4) is 0 Å². The molecule has 0 amide bonds. The molecule has 0 radical (unpaired) electrons. The van der Waals surface area contributed by atoms with E-state index < -0.39 is 0 Å². The lowest BCUT2D eigenvalue weighted by Crippen LogP contribution is -2.51. The molecule has 2 atom stereocenters. The molecule has 1 heterocycles. The Kier molecular flexibility index (Phi) is 2.36. The van der Waals surface area contributed by atoms with Crippen LogP contribution < -0.4 is 0 Å². The summed E-state index contributed by atoms with van der Waals surface area (Å²) in [7, 11) is 0. The van der Waals surface area contributed by atoms with Gasteiger partial charge in [0, 0.05) is 18.6 Å². The van der Waals surface area contributed by atoms with Gasteiger partial charge in [0.1, 0.15) is 0 Å². The Morgan fingerprint density at radius 1 is 1.15 bits per heavy atom. The number of nitrogens with zero attached hydrogens (tertiary/aromatic N) is 1. The molecule has 1 saturated heterocycles. The van der Waals surface area contributed by atoms with Crippen molar-refractivity contribution < 1.29 is 0 Å². The summed E-state index contributed by atoms with van der Waals surface area (Å²) in [6, 6.07) is 12.3. The molecule has 1 nitrogen and oxygen atoms in total. The van der Waals surface area contributed by atoms with E-state index in [-0.39, 0.29) is 0 Å². The van der Waals surface area contributed by atoms with E-state index in [0.29, 0.717) is 0 Å². The van der Waals surface area contributed by atoms with Crippen LogP contribution in [-0.4, -0.2) is 17.0 Å². The molecule has 0 bridgehead atoms. The number of benzene rings is 1. The molecule has 1 aromatic rings. The molecule has 0 saturated carbocycles. The first-order valence-electron chi connectivity index (χ1n) is 5.07. The van der Waals surface area contributed by atoms with E-state index in [1.54, 1.807) is 0 Å². The maximum absolute atomic E-state index is 2.55. The van der Waals surface area contributed by atoms with E-state index >= 15 is 0 Å². The number of hydrogen-bond acceptors (Lipinski definition) is 1. The average Bonchev–Trinajstić information content (AvgIpc) is 2.16. The van der Waals surface area contributed by atoms with E-state index in [9.17, 15) is 0 Å². The predicted octanol–water partition coefficient (Wildman–Crippen LogP) is 2.67. The van der Waals surface area contributed by atoms with Gasteiger partial charge in [0.25, 0.3) is 0 Å². The summed E-state index contributed by atoms with van der Waals surface area (Å²) in [6.07, 6.45) is 1.35. The van der Waals surface area contributed by atoms with E-state index in [0.717, 1.165) is 18.6 Å². The molecule has 1 aliphatic rings. The van der Waals surface area contributed by atoms with Crippen molar-refractivity contribution in [3.63, 3.8) is 0 Å². The fraction of sp³-hybridized carbons (Fsp3) is 0.500. The zero-order chi connectivity index (χ0) is 9.26. The SMILES string of the molecule is C[C@H]1C[C@H](C)N1Cc1ccccc1. The summed E-state index contributed by atoms with van der Waals surface area (Å²) < 4.78 is 0. The van der Waals surface area contributed by atoms with Crippen LogP contribution in [0.4, 0.5) is 0 Å². The Hall–Kier alpha value is -0.820. The van der Waals surface area contributed by atoms with Crippen LogP contribution in [0.15, 0.2) is 30.3 Å². The van der Waals surface area contributed by atoms with E-state index in [1.807, 2.05) is 0 Å². The van der Waals surface area contributed by atoms with Gasteiger partial charge in [-0.3, -0.25) is 4.90 Å². The van der Waals surface area contributed by atoms with Gasteiger partial charge in [-0.1, -0.05) is 30.3 Å². The summed E-state index contributed by atoms with van der Waals surface area (Å²) in [5, 5.41) is 0. The molecule has 0 spiro atoms. The Morgan fingerprint density at radius 3 is 2.31 bits per heavy atom. The Morgan fingerprint density at radius 2 is 1.77 bits per heavy atom. The average molecular weight is 175 g/mol. The second kappa shape index (κ2) is 3.51. The first kappa shape index (κ1) is 8.76. The van der Waals surface area contributed by atoms with Crippen molar-refractivity contribution in [2.45, 2.75) is 38.9 Å². The zero-order valence-corrected chi connectivity index (χ0v) is 8.40. The number of hydrogen-bond donors (Lipinski definition) is 0. The third-order valence-corrected chi connectivity index (χ3v) is 3.02. The van der Waals surface area contributed by atoms with E-state index in [4.69, 9.17) is 0 Å². The molecule has 0 aliphatic carbocycles. The maximum Gasteiger partial charge on any atom is 0.0239 e. The van der Waals surface area contributed by atoms with Crippen LogP contribution in [0.25, 0.3) is 0 Å². The fourth-order valence-electron chi connectivity index (χ4n) is 2.17. The highest BCUT2D eigenvalue weighted by Crippen LogP contribution is 2.26. The predicted molar refractivity (Wildman–Crippen MR) is 55.5 cm³/mol. The third-order valence-electron chi connectivity index (χ3n) is 3.02. The molecule has 0 aromatic heterocycles. The monoisotopic (exact) mass is 175 g/mol. The lowest BCUT2D eigenvalue weighted by Gasteiger charge is -2.45. The normalized spacial score (nSPS) is 28.5. The van der Waals surface area contributed by atoms with E-state index in [2.05, 4.69) is 49.1 Å². The van der Waals surface area contributed by atoms with Gasteiger partial charge in [-0.25, -0.2) is 0 Å². The summed E-state index contributed by atoms with van der Waals surface area (Å²) in [5.74, 6) is 0. The molecule has 1 heteroatoms. The topological polar surface area (TPSA) is 3.24 Å². The first-order valence-corrected chi connectivity index (χ1v) is 5.07. The molecule has 1 fully saturated rings. The van der Waals surface area contributed by atoms with Crippen LogP contribution in [0.2, 0.25) is 0 Å². The zero-order valence-electron chi connectivity index (χ0n) is 8.40. The lowest BCUT2D eigenvalue weighted by molar-refractivity contribution is 0.0296. The second-order valence-corrected chi connectivity index (χ2v) is 4.09. The van der Waals surface area contributed by atoms with Gasteiger partial charge in [0.15, 0.2) is 0 Å². The van der Waals surface area contributed by atoms with Gasteiger partial charge in [-0.2, -0.15) is 0 Å². The smallest absolute Gasteiger partial charge is 0.0239 e. The van der Waals surface area contributed by atoms with Crippen LogP contribution in [0.5, 0.6) is 0 Å². The molecule has 70 valence electrons. The highest BCUT2D eigenvalue weighted by atomic mass is 15.2. The van der Waals surface area contributed by atoms with Gasteiger partial charge >= 0.3 is 0 Å². The van der Waals surface area contributed by atoms with Crippen LogP contribution in [0.1, 0.15) is 25.8 Å². The third kappa shape index (κ3) is 1.75. The summed E-state index contributed by atoms with van der Waals surface area (Å²) in [5.41, 5.74) is 1.43. The molecule has 0 unspecified atom stereocenters. The molecular formula is C12H17N. The van der Waals surface area contributed by atoms with Crippen molar-refractivity contribution in [3.8, 4) is 0 Å². The lowest BCUT2D eigenvalue weighted by atomic mass is 9.95. The Balaban J connectivity index is 1.99. The molecule has 13 heavy (non-hydrogen) atoms. The summed E-state index contributed by atoms with van der Waals surface area (Å²) in [4.78, 5) is 2.55. The molecule has 0 N–H and O–H groups in total. The standard InChI is InChI=1S/C12H17N/c1-10-8-11(2)13(10)9-12-6-4-3-5-7-12/h3-7,10-11H,8-9H2,1-2H3/t10-,11-/m0/s1. The van der Waals surface area contributed by atoms with Crippen LogP contribution in [-0.2, 0) is 6.54 Å². The van der Waals surface area contributed by atoms with Crippen molar-refractivity contribution in [3.05, 3.63) is 35.9 Å². The molecular weight excluding hydrogens is 158 g/mol. The minimum absolute atomic E-state index is 0.773.